The number of hydrogen-bond acceptors (Lipinski definition) is 4. The highest BCUT2D eigenvalue weighted by Gasteiger charge is 2.41. The molecule has 1 saturated heterocycles. The zero-order valence-corrected chi connectivity index (χ0v) is 21.3. The molecule has 1 aliphatic heterocycles. The number of nitrogens with zero attached hydrogens (tertiary/aromatic N) is 2. The van der Waals surface area contributed by atoms with Crippen molar-refractivity contribution in [1.29, 1.82) is 5.26 Å². The first kappa shape index (κ1) is 24.9. The molecule has 1 atom stereocenters. The number of amides is 2. The van der Waals surface area contributed by atoms with Gasteiger partial charge in [0, 0.05) is 21.4 Å². The summed E-state index contributed by atoms with van der Waals surface area (Å²) in [6.45, 7) is 3.85. The molecule has 0 bridgehead atoms. The maximum absolute atomic E-state index is 13.6. The van der Waals surface area contributed by atoms with E-state index in [4.69, 9.17) is 23.2 Å². The van der Waals surface area contributed by atoms with E-state index in [9.17, 15) is 14.9 Å². The molecule has 0 aromatic heterocycles. The van der Waals surface area contributed by atoms with Crippen LogP contribution in [0.2, 0.25) is 10.0 Å². The average Bonchev–Trinajstić information content (AvgIpc) is 3.15. The van der Waals surface area contributed by atoms with Crippen LogP contribution < -0.4 is 10.2 Å². The van der Waals surface area contributed by atoms with Crippen LogP contribution in [0.5, 0.6) is 0 Å². The van der Waals surface area contributed by atoms with Crippen LogP contribution in [-0.2, 0) is 16.0 Å². The lowest BCUT2D eigenvalue weighted by atomic mass is 10.1. The summed E-state index contributed by atoms with van der Waals surface area (Å²) in [7, 11) is 0. The molecule has 1 fully saturated rings. The van der Waals surface area contributed by atoms with Crippen molar-refractivity contribution in [2.75, 3.05) is 10.2 Å². The highest BCUT2D eigenvalue weighted by Crippen LogP contribution is 2.42. The van der Waals surface area contributed by atoms with Gasteiger partial charge in [0.1, 0.15) is 16.7 Å². The zero-order chi connectivity index (χ0) is 25.1. The molecular weight excluding hydrogens is 501 g/mol. The molecule has 1 heterocycles. The van der Waals surface area contributed by atoms with Gasteiger partial charge in [0.15, 0.2) is 0 Å². The number of carbonyl (C=O) groups excluding carboxylic acids is 2. The lowest BCUT2D eigenvalue weighted by Crippen LogP contribution is -2.31. The van der Waals surface area contributed by atoms with Crippen molar-refractivity contribution in [3.05, 3.63) is 104 Å². The summed E-state index contributed by atoms with van der Waals surface area (Å²) in [6.07, 6.45) is 0.299. The predicted octanol–water partition coefficient (Wildman–Crippen LogP) is 6.68. The number of thioether (sulfide) groups is 1. The SMILES string of the molecule is Cc1cccc(NC(=O)/C(C#N)=C2\SC(Cc3cc(Cl)ccc3Cl)C(=O)N2c2ccccc2)c1C. The van der Waals surface area contributed by atoms with Gasteiger partial charge in [-0.05, 0) is 73.4 Å². The van der Waals surface area contributed by atoms with E-state index in [1.165, 1.54) is 16.7 Å². The monoisotopic (exact) mass is 521 g/mol. The van der Waals surface area contributed by atoms with Gasteiger partial charge >= 0.3 is 0 Å². The van der Waals surface area contributed by atoms with Crippen molar-refractivity contribution in [3.8, 4) is 6.07 Å². The fourth-order valence-electron chi connectivity index (χ4n) is 3.77. The molecule has 1 N–H and O–H groups in total. The van der Waals surface area contributed by atoms with Crippen molar-refractivity contribution in [2.24, 2.45) is 0 Å². The zero-order valence-electron chi connectivity index (χ0n) is 19.0. The van der Waals surface area contributed by atoms with Crippen LogP contribution in [0, 0.1) is 25.2 Å². The van der Waals surface area contributed by atoms with Gasteiger partial charge in [0.05, 0.1) is 5.25 Å². The minimum atomic E-state index is -0.585. The molecule has 2 amide bonds. The number of carbonyl (C=O) groups is 2. The fraction of sp³-hybridized carbons (Fsp3) is 0.148. The highest BCUT2D eigenvalue weighted by molar-refractivity contribution is 8.05. The second-order valence-electron chi connectivity index (χ2n) is 8.05. The average molecular weight is 522 g/mol. The molecule has 176 valence electrons. The number of anilines is 2. The van der Waals surface area contributed by atoms with Crippen LogP contribution in [0.1, 0.15) is 16.7 Å². The first-order valence-corrected chi connectivity index (χ1v) is 12.4. The number of para-hydroxylation sites is 1. The topological polar surface area (TPSA) is 73.2 Å². The Kier molecular flexibility index (Phi) is 7.51. The number of halogens is 2. The third-order valence-electron chi connectivity index (χ3n) is 5.79. The summed E-state index contributed by atoms with van der Waals surface area (Å²) >= 11 is 13.7. The van der Waals surface area contributed by atoms with Crippen LogP contribution in [0.25, 0.3) is 0 Å². The maximum Gasteiger partial charge on any atom is 0.269 e. The second-order valence-corrected chi connectivity index (χ2v) is 10.1. The van der Waals surface area contributed by atoms with Crippen molar-refractivity contribution >= 4 is 58.2 Å². The Morgan fingerprint density at radius 2 is 1.83 bits per heavy atom. The first-order valence-electron chi connectivity index (χ1n) is 10.8. The Morgan fingerprint density at radius 1 is 1.09 bits per heavy atom. The van der Waals surface area contributed by atoms with Gasteiger partial charge in [-0.3, -0.25) is 14.5 Å². The van der Waals surface area contributed by atoms with E-state index in [1.54, 1.807) is 48.5 Å². The Balaban J connectivity index is 1.74. The molecule has 0 radical (unpaired) electrons. The fourth-order valence-corrected chi connectivity index (χ4v) is 5.45. The van der Waals surface area contributed by atoms with Gasteiger partial charge in [0.25, 0.3) is 5.91 Å². The largest absolute Gasteiger partial charge is 0.321 e. The highest BCUT2D eigenvalue weighted by atomic mass is 35.5. The summed E-state index contributed by atoms with van der Waals surface area (Å²) in [6, 6.07) is 21.7. The van der Waals surface area contributed by atoms with E-state index >= 15 is 0 Å². The van der Waals surface area contributed by atoms with E-state index in [0.717, 1.165) is 16.7 Å². The third-order valence-corrected chi connectivity index (χ3v) is 7.65. The molecular formula is C27H21Cl2N3O2S. The summed E-state index contributed by atoms with van der Waals surface area (Å²) < 4.78 is 0. The van der Waals surface area contributed by atoms with Crippen LogP contribution in [0.4, 0.5) is 11.4 Å². The molecule has 8 heteroatoms. The molecule has 0 spiro atoms. The molecule has 4 rings (SSSR count). The minimum absolute atomic E-state index is 0.132. The molecule has 3 aromatic carbocycles. The quantitative estimate of drug-likeness (QED) is 0.300. The van der Waals surface area contributed by atoms with Crippen molar-refractivity contribution in [1.82, 2.24) is 0 Å². The molecule has 0 aliphatic carbocycles. The Hall–Kier alpha value is -3.24. The van der Waals surface area contributed by atoms with Crippen molar-refractivity contribution < 1.29 is 9.59 Å². The van der Waals surface area contributed by atoms with Crippen LogP contribution in [0.15, 0.2) is 77.3 Å². The number of aryl methyl sites for hydroxylation is 1. The van der Waals surface area contributed by atoms with Crippen molar-refractivity contribution in [3.63, 3.8) is 0 Å². The smallest absolute Gasteiger partial charge is 0.269 e. The Bertz CT molecular complexity index is 1380. The van der Waals surface area contributed by atoms with Gasteiger partial charge in [-0.2, -0.15) is 5.26 Å². The predicted molar refractivity (Wildman–Crippen MR) is 143 cm³/mol. The summed E-state index contributed by atoms with van der Waals surface area (Å²) in [5.74, 6) is -0.807. The summed E-state index contributed by atoms with van der Waals surface area (Å²) in [4.78, 5) is 28.3. The molecule has 0 saturated carbocycles. The Labute approximate surface area is 218 Å². The van der Waals surface area contributed by atoms with E-state index in [2.05, 4.69) is 5.32 Å². The standard InChI is InChI=1S/C27H21Cl2N3O2S/c1-16-7-6-10-23(17(16)2)31-25(33)21(15-30)27-32(20-8-4-3-5-9-20)26(34)24(35-27)14-18-13-19(28)11-12-22(18)29/h3-13,24H,14H2,1-2H3,(H,31,33)/b27-21-. The van der Waals surface area contributed by atoms with Crippen LogP contribution in [0.3, 0.4) is 0 Å². The van der Waals surface area contributed by atoms with Crippen molar-refractivity contribution in [2.45, 2.75) is 25.5 Å². The number of rotatable bonds is 5. The molecule has 35 heavy (non-hydrogen) atoms. The van der Waals surface area contributed by atoms with Gasteiger partial charge in [-0.15, -0.1) is 0 Å². The summed E-state index contributed by atoms with van der Waals surface area (Å²) in [5, 5.41) is 13.6. The van der Waals surface area contributed by atoms with E-state index in [0.29, 0.717) is 27.8 Å². The van der Waals surface area contributed by atoms with Gasteiger partial charge < -0.3 is 5.32 Å². The lowest BCUT2D eigenvalue weighted by molar-refractivity contribution is -0.117. The maximum atomic E-state index is 13.6. The number of nitriles is 1. The first-order chi connectivity index (χ1) is 16.8. The molecule has 5 nitrogen and oxygen atoms in total. The van der Waals surface area contributed by atoms with E-state index in [1.807, 2.05) is 38.1 Å². The number of hydrogen-bond donors (Lipinski definition) is 1. The summed E-state index contributed by atoms with van der Waals surface area (Å²) in [5.41, 5.74) is 3.71. The van der Waals surface area contributed by atoms with Gasteiger partial charge in [-0.25, -0.2) is 0 Å². The van der Waals surface area contributed by atoms with E-state index < -0.39 is 11.2 Å². The second kappa shape index (κ2) is 10.6. The number of benzene rings is 3. The Morgan fingerprint density at radius 3 is 2.54 bits per heavy atom. The normalized spacial score (nSPS) is 16.7. The number of nitrogens with one attached hydrogen (secondary N) is 1. The van der Waals surface area contributed by atoms with Crippen LogP contribution >= 0.6 is 35.0 Å². The van der Waals surface area contributed by atoms with E-state index in [-0.39, 0.29) is 16.5 Å². The third kappa shape index (κ3) is 5.23. The molecule has 1 aliphatic rings. The minimum Gasteiger partial charge on any atom is -0.321 e. The lowest BCUT2D eigenvalue weighted by Gasteiger charge is -2.19. The van der Waals surface area contributed by atoms with Gasteiger partial charge in [-0.1, -0.05) is 65.3 Å². The van der Waals surface area contributed by atoms with Gasteiger partial charge in [0.2, 0.25) is 5.91 Å². The molecule has 3 aromatic rings. The molecule has 1 unspecified atom stereocenters. The van der Waals surface area contributed by atoms with Crippen LogP contribution in [-0.4, -0.2) is 17.1 Å².